The van der Waals surface area contributed by atoms with Gasteiger partial charge in [-0.05, 0) is 29.1 Å². The molecule has 0 aliphatic carbocycles. The van der Waals surface area contributed by atoms with Gasteiger partial charge in [0, 0.05) is 10.0 Å². The first-order valence-electron chi connectivity index (χ1n) is 5.05. The van der Waals surface area contributed by atoms with Crippen LogP contribution >= 0.6 is 34.5 Å². The number of thiophene rings is 1. The van der Waals surface area contributed by atoms with Crippen molar-refractivity contribution < 1.29 is 4.79 Å². The normalized spacial score (nSPS) is 11.8. The number of nitriles is 1. The van der Waals surface area contributed by atoms with Crippen LogP contribution in [-0.4, -0.2) is 5.78 Å². The van der Waals surface area contributed by atoms with Gasteiger partial charge in [-0.3, -0.25) is 4.79 Å². The molecule has 1 atom stereocenters. The highest BCUT2D eigenvalue weighted by Crippen LogP contribution is 2.30. The van der Waals surface area contributed by atoms with E-state index < -0.39 is 5.92 Å². The first-order chi connectivity index (χ1) is 8.63. The average Bonchev–Trinajstić information content (AvgIpc) is 2.86. The molecule has 0 saturated heterocycles. The van der Waals surface area contributed by atoms with Gasteiger partial charge in [0.2, 0.25) is 0 Å². The SMILES string of the molecule is N#CC(C(=O)c1cccs1)c1ccc(Cl)cc1Cl. The zero-order valence-electron chi connectivity index (χ0n) is 9.06. The van der Waals surface area contributed by atoms with Crippen molar-refractivity contribution >= 4 is 40.3 Å². The van der Waals surface area contributed by atoms with Gasteiger partial charge in [0.25, 0.3) is 0 Å². The molecule has 1 aromatic heterocycles. The number of carbonyl (C=O) groups is 1. The van der Waals surface area contributed by atoms with E-state index in [4.69, 9.17) is 23.2 Å². The Hall–Kier alpha value is -1.34. The summed E-state index contributed by atoms with van der Waals surface area (Å²) in [4.78, 5) is 12.7. The van der Waals surface area contributed by atoms with Gasteiger partial charge >= 0.3 is 0 Å². The van der Waals surface area contributed by atoms with Gasteiger partial charge in [0.1, 0.15) is 5.92 Å². The number of rotatable bonds is 3. The number of Topliss-reactive ketones (excluding diaryl/α,β-unsaturated/α-hetero) is 1. The van der Waals surface area contributed by atoms with E-state index in [1.807, 2.05) is 6.07 Å². The zero-order chi connectivity index (χ0) is 13.1. The Bertz CT molecular complexity index is 616. The molecule has 0 saturated carbocycles. The largest absolute Gasteiger partial charge is 0.291 e. The Kier molecular flexibility index (Phi) is 4.03. The van der Waals surface area contributed by atoms with E-state index in [2.05, 4.69) is 0 Å². The Morgan fingerprint density at radius 2 is 2.11 bits per heavy atom. The maximum absolute atomic E-state index is 12.2. The zero-order valence-corrected chi connectivity index (χ0v) is 11.4. The summed E-state index contributed by atoms with van der Waals surface area (Å²) in [6, 6.07) is 10.2. The predicted octanol–water partition coefficient (Wildman–Crippen LogP) is 4.54. The second kappa shape index (κ2) is 5.53. The maximum Gasteiger partial charge on any atom is 0.194 e. The van der Waals surface area contributed by atoms with Gasteiger partial charge in [-0.1, -0.05) is 35.3 Å². The molecule has 2 aromatic rings. The summed E-state index contributed by atoms with van der Waals surface area (Å²) in [5.74, 6) is -1.13. The van der Waals surface area contributed by atoms with Gasteiger partial charge in [-0.25, -0.2) is 0 Å². The fraction of sp³-hybridized carbons (Fsp3) is 0.0769. The molecule has 5 heteroatoms. The van der Waals surface area contributed by atoms with Crippen LogP contribution in [0.1, 0.15) is 21.2 Å². The summed E-state index contributed by atoms with van der Waals surface area (Å²) in [5, 5.41) is 11.8. The molecule has 0 aliphatic heterocycles. The van der Waals surface area contributed by atoms with E-state index in [-0.39, 0.29) is 5.78 Å². The molecule has 0 N–H and O–H groups in total. The molecular weight excluding hydrogens is 289 g/mol. The third kappa shape index (κ3) is 2.56. The molecule has 0 spiro atoms. The number of ketones is 1. The second-order valence-electron chi connectivity index (χ2n) is 3.57. The van der Waals surface area contributed by atoms with Crippen LogP contribution in [0.2, 0.25) is 10.0 Å². The molecule has 0 amide bonds. The Morgan fingerprint density at radius 1 is 1.33 bits per heavy atom. The minimum atomic E-state index is -0.895. The third-order valence-corrected chi connectivity index (χ3v) is 3.88. The summed E-state index contributed by atoms with van der Waals surface area (Å²) in [5.41, 5.74) is 0.488. The highest BCUT2D eigenvalue weighted by atomic mass is 35.5. The number of halogens is 2. The second-order valence-corrected chi connectivity index (χ2v) is 5.36. The molecule has 0 bridgehead atoms. The summed E-state index contributed by atoms with van der Waals surface area (Å²) in [6.07, 6.45) is 0. The molecular formula is C13H7Cl2NOS. The van der Waals surface area contributed by atoms with Crippen LogP contribution in [0.4, 0.5) is 0 Å². The molecule has 1 unspecified atom stereocenters. The first kappa shape index (κ1) is 13.1. The minimum Gasteiger partial charge on any atom is -0.291 e. The van der Waals surface area contributed by atoms with Crippen molar-refractivity contribution in [3.63, 3.8) is 0 Å². The number of nitrogens with zero attached hydrogens (tertiary/aromatic N) is 1. The summed E-state index contributed by atoms with van der Waals surface area (Å²) < 4.78 is 0. The summed E-state index contributed by atoms with van der Waals surface area (Å²) in [6.45, 7) is 0. The van der Waals surface area contributed by atoms with Gasteiger partial charge < -0.3 is 0 Å². The van der Waals surface area contributed by atoms with Crippen molar-refractivity contribution in [2.45, 2.75) is 5.92 Å². The van der Waals surface area contributed by atoms with E-state index in [0.29, 0.717) is 20.5 Å². The van der Waals surface area contributed by atoms with Crippen LogP contribution in [0, 0.1) is 11.3 Å². The molecule has 1 aromatic carbocycles. The van der Waals surface area contributed by atoms with E-state index in [1.54, 1.807) is 29.6 Å². The molecule has 0 fully saturated rings. The average molecular weight is 296 g/mol. The van der Waals surface area contributed by atoms with E-state index in [9.17, 15) is 10.1 Å². The lowest BCUT2D eigenvalue weighted by Gasteiger charge is -2.09. The van der Waals surface area contributed by atoms with E-state index in [1.165, 1.54) is 17.4 Å². The Balaban J connectivity index is 2.41. The summed E-state index contributed by atoms with van der Waals surface area (Å²) >= 11 is 13.1. The van der Waals surface area contributed by atoms with Crippen LogP contribution in [0.15, 0.2) is 35.7 Å². The van der Waals surface area contributed by atoms with Crippen molar-refractivity contribution in [2.75, 3.05) is 0 Å². The lowest BCUT2D eigenvalue weighted by molar-refractivity contribution is 0.0983. The third-order valence-electron chi connectivity index (χ3n) is 2.43. The Labute approximate surface area is 118 Å². The van der Waals surface area contributed by atoms with Gasteiger partial charge in [0.05, 0.1) is 10.9 Å². The van der Waals surface area contributed by atoms with Crippen molar-refractivity contribution in [3.8, 4) is 6.07 Å². The van der Waals surface area contributed by atoms with Crippen LogP contribution in [-0.2, 0) is 0 Å². The quantitative estimate of drug-likeness (QED) is 0.780. The molecule has 0 aliphatic rings. The van der Waals surface area contributed by atoms with Gasteiger partial charge in [0.15, 0.2) is 5.78 Å². The highest BCUT2D eigenvalue weighted by Gasteiger charge is 2.24. The van der Waals surface area contributed by atoms with Gasteiger partial charge in [-0.2, -0.15) is 5.26 Å². The van der Waals surface area contributed by atoms with Crippen molar-refractivity contribution in [1.29, 1.82) is 5.26 Å². The van der Waals surface area contributed by atoms with Gasteiger partial charge in [-0.15, -0.1) is 11.3 Å². The smallest absolute Gasteiger partial charge is 0.194 e. The van der Waals surface area contributed by atoms with Crippen LogP contribution in [0.3, 0.4) is 0 Å². The maximum atomic E-state index is 12.2. The molecule has 2 rings (SSSR count). The topological polar surface area (TPSA) is 40.9 Å². The van der Waals surface area contributed by atoms with Crippen LogP contribution < -0.4 is 0 Å². The molecule has 18 heavy (non-hydrogen) atoms. The standard InChI is InChI=1S/C13H7Cl2NOS/c14-8-3-4-9(11(15)6-8)10(7-16)13(17)12-2-1-5-18-12/h1-6,10H. The number of hydrogen-bond donors (Lipinski definition) is 0. The Morgan fingerprint density at radius 3 is 2.67 bits per heavy atom. The number of hydrogen-bond acceptors (Lipinski definition) is 3. The first-order valence-corrected chi connectivity index (χ1v) is 6.69. The molecule has 2 nitrogen and oxygen atoms in total. The summed E-state index contributed by atoms with van der Waals surface area (Å²) in [7, 11) is 0. The highest BCUT2D eigenvalue weighted by molar-refractivity contribution is 7.12. The van der Waals surface area contributed by atoms with E-state index >= 15 is 0 Å². The van der Waals surface area contributed by atoms with Crippen molar-refractivity contribution in [1.82, 2.24) is 0 Å². The fourth-order valence-electron chi connectivity index (χ4n) is 1.57. The van der Waals surface area contributed by atoms with Crippen LogP contribution in [0.25, 0.3) is 0 Å². The lowest BCUT2D eigenvalue weighted by Crippen LogP contribution is -2.10. The van der Waals surface area contributed by atoms with Crippen molar-refractivity contribution in [3.05, 3.63) is 56.2 Å². The van der Waals surface area contributed by atoms with E-state index in [0.717, 1.165) is 0 Å². The fourth-order valence-corrected chi connectivity index (χ4v) is 2.78. The predicted molar refractivity (Wildman–Crippen MR) is 73.5 cm³/mol. The number of benzene rings is 1. The molecule has 90 valence electrons. The monoisotopic (exact) mass is 295 g/mol. The van der Waals surface area contributed by atoms with Crippen LogP contribution in [0.5, 0.6) is 0 Å². The molecule has 0 radical (unpaired) electrons. The lowest BCUT2D eigenvalue weighted by atomic mass is 9.95. The molecule has 1 heterocycles. The van der Waals surface area contributed by atoms with Crippen molar-refractivity contribution in [2.24, 2.45) is 0 Å². The minimum absolute atomic E-state index is 0.239. The number of carbonyl (C=O) groups excluding carboxylic acids is 1.